The highest BCUT2D eigenvalue weighted by molar-refractivity contribution is 7.99. The highest BCUT2D eigenvalue weighted by Crippen LogP contribution is 2.29. The van der Waals surface area contributed by atoms with Gasteiger partial charge in [-0.15, -0.1) is 5.10 Å². The van der Waals surface area contributed by atoms with Gasteiger partial charge >= 0.3 is 0 Å². The van der Waals surface area contributed by atoms with Crippen molar-refractivity contribution in [3.63, 3.8) is 0 Å². The van der Waals surface area contributed by atoms with E-state index < -0.39 is 0 Å². The largest absolute Gasteiger partial charge is 0.262 e. The second-order valence-corrected chi connectivity index (χ2v) is 6.84. The second-order valence-electron chi connectivity index (χ2n) is 5.45. The molecule has 0 amide bonds. The monoisotopic (exact) mass is 333 g/mol. The van der Waals surface area contributed by atoms with Crippen molar-refractivity contribution >= 4 is 23.4 Å². The number of hydrogen-bond acceptors (Lipinski definition) is 5. The molecule has 1 aliphatic carbocycles. The molecule has 1 aliphatic rings. The molecule has 2 heterocycles. The van der Waals surface area contributed by atoms with Crippen molar-refractivity contribution in [3.8, 4) is 6.07 Å². The second kappa shape index (κ2) is 7.12. The molecule has 0 atom stereocenters. The van der Waals surface area contributed by atoms with Gasteiger partial charge in [0.15, 0.2) is 5.69 Å². The maximum Gasteiger partial charge on any atom is 0.214 e. The normalized spacial score (nSPS) is 15.1. The minimum atomic E-state index is 0.226. The summed E-state index contributed by atoms with van der Waals surface area (Å²) in [4.78, 5) is 8.67. The van der Waals surface area contributed by atoms with Gasteiger partial charge in [-0.2, -0.15) is 5.26 Å². The van der Waals surface area contributed by atoms with Crippen LogP contribution in [0.4, 0.5) is 0 Å². The number of hydrogen-bond donors (Lipinski definition) is 1. The van der Waals surface area contributed by atoms with E-state index in [1.165, 1.54) is 43.9 Å². The summed E-state index contributed by atoms with van der Waals surface area (Å²) >= 11 is 7.21. The van der Waals surface area contributed by atoms with E-state index in [4.69, 9.17) is 16.9 Å². The van der Waals surface area contributed by atoms with E-state index >= 15 is 0 Å². The van der Waals surface area contributed by atoms with Gasteiger partial charge in [0.1, 0.15) is 16.9 Å². The number of nitrogens with one attached hydrogen (secondary N) is 1. The lowest BCUT2D eigenvalue weighted by molar-refractivity contribution is 0.497. The quantitative estimate of drug-likeness (QED) is 0.894. The number of rotatable bonds is 5. The summed E-state index contributed by atoms with van der Waals surface area (Å²) in [6.07, 6.45) is 7.55. The number of aryl methyl sites for hydroxylation is 1. The van der Waals surface area contributed by atoms with E-state index in [1.54, 1.807) is 12.1 Å². The van der Waals surface area contributed by atoms with Gasteiger partial charge < -0.3 is 0 Å². The molecule has 22 heavy (non-hydrogen) atoms. The highest BCUT2D eigenvalue weighted by atomic mass is 35.5. The molecule has 7 heteroatoms. The van der Waals surface area contributed by atoms with E-state index in [0.717, 1.165) is 18.2 Å². The molecule has 5 nitrogen and oxygen atoms in total. The molecular formula is C15H16ClN5S. The Bertz CT molecular complexity index is 687. The summed E-state index contributed by atoms with van der Waals surface area (Å²) in [5.74, 6) is 1.76. The molecule has 0 aromatic carbocycles. The van der Waals surface area contributed by atoms with E-state index in [2.05, 4.69) is 20.2 Å². The van der Waals surface area contributed by atoms with E-state index in [0.29, 0.717) is 15.2 Å². The Hall–Kier alpha value is -1.58. The van der Waals surface area contributed by atoms with E-state index in [9.17, 15) is 0 Å². The third kappa shape index (κ3) is 3.79. The number of nitrogens with zero attached hydrogens (tertiary/aromatic N) is 4. The molecule has 1 saturated carbocycles. The summed E-state index contributed by atoms with van der Waals surface area (Å²) in [5, 5.41) is 17.8. The maximum atomic E-state index is 8.94. The topological polar surface area (TPSA) is 78.2 Å². The van der Waals surface area contributed by atoms with Crippen LogP contribution in [0.3, 0.4) is 0 Å². The zero-order valence-electron chi connectivity index (χ0n) is 12.0. The SMILES string of the molecule is N#Cc1nc(Sc2n[nH]c(CCC3CCCC3)n2)ccc1Cl. The van der Waals surface area contributed by atoms with Crippen LogP contribution in [0.1, 0.15) is 43.6 Å². The number of H-pyrrole nitrogens is 1. The maximum absolute atomic E-state index is 8.94. The molecule has 0 saturated heterocycles. The molecule has 0 aliphatic heterocycles. The summed E-state index contributed by atoms with van der Waals surface area (Å²) in [7, 11) is 0. The first-order valence-corrected chi connectivity index (χ1v) is 8.60. The van der Waals surface area contributed by atoms with E-state index in [-0.39, 0.29) is 5.69 Å². The summed E-state index contributed by atoms with van der Waals surface area (Å²) in [5.41, 5.74) is 0.226. The number of pyridine rings is 1. The van der Waals surface area contributed by atoms with Crippen LogP contribution < -0.4 is 0 Å². The van der Waals surface area contributed by atoms with Gasteiger partial charge in [0, 0.05) is 6.42 Å². The van der Waals surface area contributed by atoms with Crippen LogP contribution in [-0.4, -0.2) is 20.2 Å². The van der Waals surface area contributed by atoms with Crippen molar-refractivity contribution in [1.82, 2.24) is 20.2 Å². The first-order valence-electron chi connectivity index (χ1n) is 7.40. The number of aromatic nitrogens is 4. The zero-order valence-corrected chi connectivity index (χ0v) is 13.6. The smallest absolute Gasteiger partial charge is 0.214 e. The Labute approximate surface area is 138 Å². The van der Waals surface area contributed by atoms with Crippen molar-refractivity contribution in [3.05, 3.63) is 28.7 Å². The average molecular weight is 334 g/mol. The predicted octanol–water partition coefficient (Wildman–Crippen LogP) is 4.00. The summed E-state index contributed by atoms with van der Waals surface area (Å²) in [6.45, 7) is 0. The molecule has 2 aromatic heterocycles. The zero-order chi connectivity index (χ0) is 15.4. The lowest BCUT2D eigenvalue weighted by Crippen LogP contribution is -1.97. The van der Waals surface area contributed by atoms with Crippen LogP contribution in [0.15, 0.2) is 22.3 Å². The first-order chi connectivity index (χ1) is 10.7. The molecule has 0 bridgehead atoms. The fourth-order valence-corrected chi connectivity index (χ4v) is 3.58. The Balaban J connectivity index is 1.60. The molecule has 0 radical (unpaired) electrons. The van der Waals surface area contributed by atoms with Crippen molar-refractivity contribution in [2.24, 2.45) is 5.92 Å². The van der Waals surface area contributed by atoms with Crippen LogP contribution in [0.2, 0.25) is 5.02 Å². The summed E-state index contributed by atoms with van der Waals surface area (Å²) in [6, 6.07) is 5.41. The Morgan fingerprint density at radius 1 is 1.32 bits per heavy atom. The standard InChI is InChI=1S/C15H16ClN5S/c16-11-6-8-14(18-12(11)9-17)22-15-19-13(20-21-15)7-5-10-3-1-2-4-10/h6,8,10H,1-5,7H2,(H,19,20,21). The van der Waals surface area contributed by atoms with Gasteiger partial charge in [0.2, 0.25) is 5.16 Å². The van der Waals surface area contributed by atoms with Gasteiger partial charge in [-0.3, -0.25) is 5.10 Å². The molecule has 3 rings (SSSR count). The van der Waals surface area contributed by atoms with Crippen molar-refractivity contribution in [2.45, 2.75) is 48.7 Å². The molecule has 1 N–H and O–H groups in total. The molecule has 114 valence electrons. The van der Waals surface area contributed by atoms with Crippen LogP contribution >= 0.6 is 23.4 Å². The van der Waals surface area contributed by atoms with Gasteiger partial charge in [0.05, 0.1) is 5.02 Å². The number of halogens is 1. The van der Waals surface area contributed by atoms with Crippen molar-refractivity contribution in [2.75, 3.05) is 0 Å². The van der Waals surface area contributed by atoms with Crippen LogP contribution in [-0.2, 0) is 6.42 Å². The van der Waals surface area contributed by atoms with E-state index in [1.807, 2.05) is 6.07 Å². The average Bonchev–Trinajstić information content (AvgIpc) is 3.18. The minimum absolute atomic E-state index is 0.226. The number of nitriles is 1. The Kier molecular flexibility index (Phi) is 4.96. The first kappa shape index (κ1) is 15.3. The lowest BCUT2D eigenvalue weighted by Gasteiger charge is -2.05. The van der Waals surface area contributed by atoms with Crippen LogP contribution in [0, 0.1) is 17.2 Å². The minimum Gasteiger partial charge on any atom is -0.262 e. The van der Waals surface area contributed by atoms with Gasteiger partial charge in [0.25, 0.3) is 0 Å². The molecule has 0 unspecified atom stereocenters. The van der Waals surface area contributed by atoms with Crippen molar-refractivity contribution < 1.29 is 0 Å². The molecule has 1 fully saturated rings. The Morgan fingerprint density at radius 2 is 2.14 bits per heavy atom. The Morgan fingerprint density at radius 3 is 2.91 bits per heavy atom. The number of aromatic amines is 1. The van der Waals surface area contributed by atoms with Gasteiger partial charge in [-0.05, 0) is 36.2 Å². The lowest BCUT2D eigenvalue weighted by atomic mass is 10.0. The fourth-order valence-electron chi connectivity index (χ4n) is 2.73. The fraction of sp³-hybridized carbons (Fsp3) is 0.467. The summed E-state index contributed by atoms with van der Waals surface area (Å²) < 4.78 is 0. The predicted molar refractivity (Wildman–Crippen MR) is 84.7 cm³/mol. The third-order valence-electron chi connectivity index (χ3n) is 3.90. The third-order valence-corrected chi connectivity index (χ3v) is 5.00. The molecular weight excluding hydrogens is 318 g/mol. The molecule has 0 spiro atoms. The van der Waals surface area contributed by atoms with Crippen LogP contribution in [0.25, 0.3) is 0 Å². The van der Waals surface area contributed by atoms with Crippen molar-refractivity contribution in [1.29, 1.82) is 5.26 Å². The molecule has 2 aromatic rings. The van der Waals surface area contributed by atoms with Crippen LogP contribution in [0.5, 0.6) is 0 Å². The van der Waals surface area contributed by atoms with Gasteiger partial charge in [-0.1, -0.05) is 37.3 Å². The highest BCUT2D eigenvalue weighted by Gasteiger charge is 2.16. The van der Waals surface area contributed by atoms with Gasteiger partial charge in [-0.25, -0.2) is 9.97 Å².